The van der Waals surface area contributed by atoms with Gasteiger partial charge in [-0.1, -0.05) is 26.2 Å². The zero-order valence-electron chi connectivity index (χ0n) is 10.6. The number of unbranched alkanes of at least 4 members (excludes halogenated alkanes) is 3. The van der Waals surface area contributed by atoms with E-state index in [2.05, 4.69) is 11.9 Å². The molecule has 0 saturated carbocycles. The lowest BCUT2D eigenvalue weighted by Crippen LogP contribution is -1.98. The highest BCUT2D eigenvalue weighted by atomic mass is 35.5. The van der Waals surface area contributed by atoms with Gasteiger partial charge >= 0.3 is 0 Å². The first-order valence-corrected chi connectivity index (χ1v) is 7.85. The van der Waals surface area contributed by atoms with E-state index in [0.29, 0.717) is 5.88 Å². The molecule has 0 bridgehead atoms. The number of aryl methyl sites for hydroxylation is 1. The molecule has 0 aliphatic heterocycles. The Kier molecular flexibility index (Phi) is 8.67. The van der Waals surface area contributed by atoms with Crippen LogP contribution in [0.25, 0.3) is 0 Å². The summed E-state index contributed by atoms with van der Waals surface area (Å²) in [4.78, 5) is 4.42. The summed E-state index contributed by atoms with van der Waals surface area (Å²) >= 11 is 7.40. The van der Waals surface area contributed by atoms with Crippen LogP contribution < -0.4 is 0 Å². The van der Waals surface area contributed by atoms with Crippen LogP contribution in [0.1, 0.15) is 49.7 Å². The second-order valence-corrected chi connectivity index (χ2v) is 5.35. The minimum Gasteiger partial charge on any atom is -0.381 e. The molecule has 0 spiro atoms. The number of alkyl halides is 1. The van der Waals surface area contributed by atoms with E-state index in [1.165, 1.54) is 30.7 Å². The lowest BCUT2D eigenvalue weighted by atomic mass is 10.2. The van der Waals surface area contributed by atoms with Crippen molar-refractivity contribution in [3.8, 4) is 0 Å². The Morgan fingerprint density at radius 1 is 1.24 bits per heavy atom. The molecule has 1 rings (SSSR count). The third-order valence-electron chi connectivity index (χ3n) is 2.56. The van der Waals surface area contributed by atoms with Crippen molar-refractivity contribution in [2.75, 3.05) is 13.2 Å². The van der Waals surface area contributed by atoms with Crippen molar-refractivity contribution in [3.63, 3.8) is 0 Å². The zero-order chi connectivity index (χ0) is 12.3. The fourth-order valence-corrected chi connectivity index (χ4v) is 2.65. The van der Waals surface area contributed by atoms with Gasteiger partial charge in [0.1, 0.15) is 0 Å². The summed E-state index contributed by atoms with van der Waals surface area (Å²) in [6.07, 6.45) is 7.17. The number of ether oxygens (including phenoxy) is 1. The lowest BCUT2D eigenvalue weighted by molar-refractivity contribution is 0.128. The summed E-state index contributed by atoms with van der Waals surface area (Å²) < 4.78 is 5.59. The van der Waals surface area contributed by atoms with Crippen molar-refractivity contribution in [3.05, 3.63) is 16.1 Å². The summed E-state index contributed by atoms with van der Waals surface area (Å²) in [5, 5.41) is 3.21. The van der Waals surface area contributed by atoms with E-state index < -0.39 is 0 Å². The molecule has 0 saturated heterocycles. The van der Waals surface area contributed by atoms with E-state index in [9.17, 15) is 0 Å². The largest absolute Gasteiger partial charge is 0.381 e. The van der Waals surface area contributed by atoms with Crippen molar-refractivity contribution in [1.82, 2.24) is 4.98 Å². The van der Waals surface area contributed by atoms with Gasteiger partial charge in [0, 0.05) is 25.0 Å². The number of rotatable bonds is 10. The zero-order valence-corrected chi connectivity index (χ0v) is 12.2. The molecule has 0 atom stereocenters. The molecule has 0 fully saturated rings. The van der Waals surface area contributed by atoms with E-state index >= 15 is 0 Å². The van der Waals surface area contributed by atoms with Gasteiger partial charge < -0.3 is 4.74 Å². The molecule has 0 radical (unpaired) electrons. The van der Waals surface area contributed by atoms with Gasteiger partial charge in [-0.15, -0.1) is 22.9 Å². The minimum atomic E-state index is 0.518. The number of nitrogens with zero attached hydrogens (tertiary/aromatic N) is 1. The van der Waals surface area contributed by atoms with E-state index in [4.69, 9.17) is 16.3 Å². The maximum atomic E-state index is 5.70. The second-order valence-electron chi connectivity index (χ2n) is 4.14. The fraction of sp³-hybridized carbons (Fsp3) is 0.769. The molecule has 17 heavy (non-hydrogen) atoms. The van der Waals surface area contributed by atoms with E-state index in [1.807, 2.05) is 5.38 Å². The molecule has 2 nitrogen and oxygen atoms in total. The van der Waals surface area contributed by atoms with Crippen molar-refractivity contribution in [2.45, 2.75) is 51.3 Å². The summed E-state index contributed by atoms with van der Waals surface area (Å²) in [5.74, 6) is 0.518. The number of hydrogen-bond donors (Lipinski definition) is 0. The number of thiazole rings is 1. The molecular formula is C13H22ClNOS. The van der Waals surface area contributed by atoms with Crippen LogP contribution in [0.3, 0.4) is 0 Å². The molecule has 98 valence electrons. The molecular weight excluding hydrogens is 254 g/mol. The first-order chi connectivity index (χ1) is 8.36. The second kappa shape index (κ2) is 9.86. The fourth-order valence-electron chi connectivity index (χ4n) is 1.58. The van der Waals surface area contributed by atoms with Gasteiger partial charge in [0.15, 0.2) is 0 Å². The molecule has 1 heterocycles. The van der Waals surface area contributed by atoms with Crippen LogP contribution in [0.4, 0.5) is 0 Å². The Hall–Kier alpha value is -0.120. The Bertz CT molecular complexity index is 291. The van der Waals surface area contributed by atoms with Crippen LogP contribution in [0, 0.1) is 0 Å². The van der Waals surface area contributed by atoms with Gasteiger partial charge in [-0.3, -0.25) is 0 Å². The monoisotopic (exact) mass is 275 g/mol. The smallest absolute Gasteiger partial charge is 0.0929 e. The van der Waals surface area contributed by atoms with Gasteiger partial charge in [0.2, 0.25) is 0 Å². The molecule has 0 amide bonds. The lowest BCUT2D eigenvalue weighted by Gasteiger charge is -2.02. The Morgan fingerprint density at radius 3 is 2.76 bits per heavy atom. The van der Waals surface area contributed by atoms with Crippen LogP contribution in [-0.4, -0.2) is 18.2 Å². The normalized spacial score (nSPS) is 10.9. The summed E-state index contributed by atoms with van der Waals surface area (Å²) in [7, 11) is 0. The Morgan fingerprint density at radius 2 is 2.06 bits per heavy atom. The third-order valence-corrected chi connectivity index (χ3v) is 3.79. The summed E-state index contributed by atoms with van der Waals surface area (Å²) in [5.41, 5.74) is 0.993. The van der Waals surface area contributed by atoms with Crippen molar-refractivity contribution >= 4 is 22.9 Å². The predicted molar refractivity (Wildman–Crippen MR) is 75.0 cm³/mol. The average molecular weight is 276 g/mol. The highest BCUT2D eigenvalue weighted by Crippen LogP contribution is 2.13. The molecule has 4 heteroatoms. The third kappa shape index (κ3) is 7.02. The van der Waals surface area contributed by atoms with Crippen molar-refractivity contribution < 1.29 is 4.74 Å². The number of aromatic nitrogens is 1. The Balaban J connectivity index is 1.93. The van der Waals surface area contributed by atoms with E-state index in [-0.39, 0.29) is 0 Å². The van der Waals surface area contributed by atoms with Crippen molar-refractivity contribution in [1.29, 1.82) is 0 Å². The maximum Gasteiger partial charge on any atom is 0.0929 e. The van der Waals surface area contributed by atoms with Crippen LogP contribution in [0.5, 0.6) is 0 Å². The predicted octanol–water partition coefficient (Wildman–Crippen LogP) is 4.41. The van der Waals surface area contributed by atoms with Crippen LogP contribution in [-0.2, 0) is 17.0 Å². The standard InChI is InChI=1S/C13H22ClNOS/c1-2-3-4-5-8-16-9-6-7-13-15-12(10-14)11-17-13/h11H,2-10H2,1H3. The maximum absolute atomic E-state index is 5.70. The molecule has 0 aliphatic rings. The van der Waals surface area contributed by atoms with Crippen LogP contribution in [0.2, 0.25) is 0 Å². The highest BCUT2D eigenvalue weighted by Gasteiger charge is 2.00. The molecule has 0 aliphatic carbocycles. The highest BCUT2D eigenvalue weighted by molar-refractivity contribution is 7.09. The van der Waals surface area contributed by atoms with Crippen LogP contribution in [0.15, 0.2) is 5.38 Å². The van der Waals surface area contributed by atoms with Gasteiger partial charge in [-0.25, -0.2) is 4.98 Å². The Labute approximate surface area is 113 Å². The topological polar surface area (TPSA) is 22.1 Å². The van der Waals surface area contributed by atoms with E-state index in [1.54, 1.807) is 11.3 Å². The quantitative estimate of drug-likeness (QED) is 0.466. The number of hydrogen-bond acceptors (Lipinski definition) is 3. The summed E-state index contributed by atoms with van der Waals surface area (Å²) in [6.45, 7) is 3.98. The molecule has 0 unspecified atom stereocenters. The van der Waals surface area contributed by atoms with Gasteiger partial charge in [0.25, 0.3) is 0 Å². The minimum absolute atomic E-state index is 0.518. The molecule has 0 aromatic carbocycles. The number of halogens is 1. The van der Waals surface area contributed by atoms with Crippen LogP contribution >= 0.6 is 22.9 Å². The molecule has 0 N–H and O–H groups in total. The van der Waals surface area contributed by atoms with Gasteiger partial charge in [0.05, 0.1) is 16.6 Å². The van der Waals surface area contributed by atoms with Crippen molar-refractivity contribution in [2.24, 2.45) is 0 Å². The summed E-state index contributed by atoms with van der Waals surface area (Å²) in [6, 6.07) is 0. The first kappa shape index (κ1) is 14.9. The SMILES string of the molecule is CCCCCCOCCCc1nc(CCl)cs1. The van der Waals surface area contributed by atoms with Gasteiger partial charge in [-0.05, 0) is 12.8 Å². The molecule has 1 aromatic rings. The average Bonchev–Trinajstić information content (AvgIpc) is 2.80. The molecule has 1 aromatic heterocycles. The first-order valence-electron chi connectivity index (χ1n) is 6.43. The van der Waals surface area contributed by atoms with Gasteiger partial charge in [-0.2, -0.15) is 0 Å². The van der Waals surface area contributed by atoms with E-state index in [0.717, 1.165) is 31.7 Å².